The van der Waals surface area contributed by atoms with E-state index in [0.29, 0.717) is 0 Å². The minimum Gasteiger partial charge on any atom is -0.363 e. The van der Waals surface area contributed by atoms with E-state index >= 15 is 0 Å². The topological polar surface area (TPSA) is 35.5 Å². The molecule has 116 valence electrons. The molecule has 2 aromatic rings. The van der Waals surface area contributed by atoms with Gasteiger partial charge >= 0.3 is 0 Å². The Balaban J connectivity index is 1.58. The average molecular weight is 297 g/mol. The second kappa shape index (κ2) is 6.75. The molecule has 1 aliphatic heterocycles. The van der Waals surface area contributed by atoms with Gasteiger partial charge in [0.05, 0.1) is 0 Å². The van der Waals surface area contributed by atoms with Gasteiger partial charge in [-0.05, 0) is 11.6 Å². The lowest BCUT2D eigenvalue weighted by Gasteiger charge is -2.34. The number of rotatable bonds is 4. The maximum absolute atomic E-state index is 4.63. The molecule has 3 rings (SSSR count). The highest BCUT2D eigenvalue weighted by Gasteiger charge is 2.19. The fraction of sp³-hybridized carbons (Fsp3) is 0.412. The van der Waals surface area contributed by atoms with Gasteiger partial charge < -0.3 is 9.80 Å². The molecular weight excluding hydrogens is 274 g/mol. The Morgan fingerprint density at radius 1 is 1.00 bits per heavy atom. The lowest BCUT2D eigenvalue weighted by atomic mass is 10.2. The van der Waals surface area contributed by atoms with Crippen LogP contribution in [-0.4, -0.2) is 55.1 Å². The van der Waals surface area contributed by atoms with E-state index in [1.807, 2.05) is 31.3 Å². The molecule has 0 spiro atoms. The van der Waals surface area contributed by atoms with Crippen LogP contribution in [0.2, 0.25) is 0 Å². The Bertz CT molecular complexity index is 591. The Morgan fingerprint density at radius 2 is 1.73 bits per heavy atom. The molecule has 5 heteroatoms. The van der Waals surface area contributed by atoms with Gasteiger partial charge in [0.25, 0.3) is 0 Å². The molecule has 1 saturated heterocycles. The summed E-state index contributed by atoms with van der Waals surface area (Å²) in [5.74, 6) is 1.79. The van der Waals surface area contributed by atoms with Crippen molar-refractivity contribution in [3.63, 3.8) is 0 Å². The third kappa shape index (κ3) is 3.54. The van der Waals surface area contributed by atoms with Crippen LogP contribution in [0.1, 0.15) is 5.56 Å². The fourth-order valence-corrected chi connectivity index (χ4v) is 2.69. The van der Waals surface area contributed by atoms with E-state index in [0.717, 1.165) is 44.5 Å². The quantitative estimate of drug-likeness (QED) is 0.861. The monoisotopic (exact) mass is 297 g/mol. The molecule has 1 aliphatic rings. The zero-order valence-electron chi connectivity index (χ0n) is 13.3. The van der Waals surface area contributed by atoms with Gasteiger partial charge in [-0.15, -0.1) is 0 Å². The van der Waals surface area contributed by atoms with Crippen molar-refractivity contribution in [3.8, 4) is 0 Å². The first-order chi connectivity index (χ1) is 10.7. The predicted octanol–water partition coefficient (Wildman–Crippen LogP) is 1.86. The van der Waals surface area contributed by atoms with Crippen LogP contribution in [0.3, 0.4) is 0 Å². The van der Waals surface area contributed by atoms with Gasteiger partial charge in [-0.1, -0.05) is 30.3 Å². The van der Waals surface area contributed by atoms with E-state index in [1.165, 1.54) is 5.56 Å². The van der Waals surface area contributed by atoms with Gasteiger partial charge in [0.2, 0.25) is 5.95 Å². The maximum atomic E-state index is 4.63. The van der Waals surface area contributed by atoms with Crippen molar-refractivity contribution in [3.05, 3.63) is 48.2 Å². The molecule has 1 aromatic heterocycles. The molecule has 0 radical (unpaired) electrons. The average Bonchev–Trinajstić information content (AvgIpc) is 2.56. The summed E-state index contributed by atoms with van der Waals surface area (Å²) in [6, 6.07) is 12.6. The van der Waals surface area contributed by atoms with Crippen molar-refractivity contribution < 1.29 is 0 Å². The number of aromatic nitrogens is 2. The lowest BCUT2D eigenvalue weighted by Crippen LogP contribution is -2.46. The van der Waals surface area contributed by atoms with Crippen LogP contribution in [0.5, 0.6) is 0 Å². The molecule has 22 heavy (non-hydrogen) atoms. The standard InChI is InChI=1S/C17H23N5/c1-20(2)16-8-9-18-17(19-16)22-12-10-21(11-13-22)14-15-6-4-3-5-7-15/h3-9H,10-14H2,1-2H3. The number of benzene rings is 1. The molecule has 0 bridgehead atoms. The van der Waals surface area contributed by atoms with Crippen LogP contribution >= 0.6 is 0 Å². The molecular formula is C17H23N5. The Morgan fingerprint density at radius 3 is 2.41 bits per heavy atom. The van der Waals surface area contributed by atoms with Crippen molar-refractivity contribution in [2.75, 3.05) is 50.1 Å². The number of nitrogens with zero attached hydrogens (tertiary/aromatic N) is 5. The van der Waals surface area contributed by atoms with Crippen molar-refractivity contribution in [2.24, 2.45) is 0 Å². The molecule has 0 N–H and O–H groups in total. The highest BCUT2D eigenvalue weighted by Crippen LogP contribution is 2.16. The summed E-state index contributed by atoms with van der Waals surface area (Å²) in [4.78, 5) is 15.8. The molecule has 0 amide bonds. The maximum Gasteiger partial charge on any atom is 0.227 e. The summed E-state index contributed by atoms with van der Waals surface area (Å²) in [6.07, 6.45) is 1.84. The molecule has 5 nitrogen and oxygen atoms in total. The SMILES string of the molecule is CN(C)c1ccnc(N2CCN(Cc3ccccc3)CC2)n1. The van der Waals surface area contributed by atoms with Gasteiger partial charge in [0.15, 0.2) is 0 Å². The molecule has 0 atom stereocenters. The number of piperazine rings is 1. The molecule has 2 heterocycles. The second-order valence-corrected chi connectivity index (χ2v) is 5.86. The summed E-state index contributed by atoms with van der Waals surface area (Å²) >= 11 is 0. The third-order valence-electron chi connectivity index (χ3n) is 3.99. The highest BCUT2D eigenvalue weighted by molar-refractivity contribution is 5.42. The fourth-order valence-electron chi connectivity index (χ4n) is 2.69. The van der Waals surface area contributed by atoms with Gasteiger partial charge in [0.1, 0.15) is 5.82 Å². The van der Waals surface area contributed by atoms with Crippen molar-refractivity contribution >= 4 is 11.8 Å². The highest BCUT2D eigenvalue weighted by atomic mass is 15.3. The van der Waals surface area contributed by atoms with Crippen molar-refractivity contribution in [1.29, 1.82) is 0 Å². The van der Waals surface area contributed by atoms with E-state index in [2.05, 4.69) is 50.1 Å². The Kier molecular flexibility index (Phi) is 4.53. The van der Waals surface area contributed by atoms with Crippen LogP contribution < -0.4 is 9.80 Å². The van der Waals surface area contributed by atoms with Gasteiger partial charge in [-0.2, -0.15) is 4.98 Å². The van der Waals surface area contributed by atoms with Crippen molar-refractivity contribution in [2.45, 2.75) is 6.54 Å². The minimum atomic E-state index is 0.838. The van der Waals surface area contributed by atoms with Gasteiger partial charge in [0, 0.05) is 53.0 Å². The predicted molar refractivity (Wildman–Crippen MR) is 90.3 cm³/mol. The first-order valence-electron chi connectivity index (χ1n) is 7.74. The second-order valence-electron chi connectivity index (χ2n) is 5.86. The van der Waals surface area contributed by atoms with Crippen LogP contribution in [0.25, 0.3) is 0 Å². The first kappa shape index (κ1) is 14.8. The Labute approximate surface area is 132 Å². The van der Waals surface area contributed by atoms with Crippen LogP contribution in [0.4, 0.5) is 11.8 Å². The normalized spacial score (nSPS) is 15.8. The number of hydrogen-bond donors (Lipinski definition) is 0. The van der Waals surface area contributed by atoms with Crippen LogP contribution in [0.15, 0.2) is 42.6 Å². The van der Waals surface area contributed by atoms with E-state index in [1.54, 1.807) is 0 Å². The summed E-state index contributed by atoms with van der Waals surface area (Å²) in [7, 11) is 4.01. The number of hydrogen-bond acceptors (Lipinski definition) is 5. The largest absolute Gasteiger partial charge is 0.363 e. The molecule has 0 saturated carbocycles. The lowest BCUT2D eigenvalue weighted by molar-refractivity contribution is 0.248. The zero-order chi connectivity index (χ0) is 15.4. The zero-order valence-corrected chi connectivity index (χ0v) is 13.3. The molecule has 1 fully saturated rings. The summed E-state index contributed by atoms with van der Waals surface area (Å²) in [5, 5.41) is 0. The molecule has 0 aliphatic carbocycles. The first-order valence-corrected chi connectivity index (χ1v) is 7.74. The molecule has 1 aromatic carbocycles. The van der Waals surface area contributed by atoms with Gasteiger partial charge in [-0.3, -0.25) is 4.90 Å². The molecule has 0 unspecified atom stereocenters. The van der Waals surface area contributed by atoms with E-state index < -0.39 is 0 Å². The van der Waals surface area contributed by atoms with E-state index in [9.17, 15) is 0 Å². The number of anilines is 2. The third-order valence-corrected chi connectivity index (χ3v) is 3.99. The van der Waals surface area contributed by atoms with Crippen LogP contribution in [-0.2, 0) is 6.54 Å². The smallest absolute Gasteiger partial charge is 0.227 e. The summed E-state index contributed by atoms with van der Waals surface area (Å²) in [5.41, 5.74) is 1.38. The summed E-state index contributed by atoms with van der Waals surface area (Å²) in [6.45, 7) is 5.07. The van der Waals surface area contributed by atoms with Gasteiger partial charge in [-0.25, -0.2) is 4.98 Å². The summed E-state index contributed by atoms with van der Waals surface area (Å²) < 4.78 is 0. The van der Waals surface area contributed by atoms with Crippen molar-refractivity contribution in [1.82, 2.24) is 14.9 Å². The van der Waals surface area contributed by atoms with E-state index in [-0.39, 0.29) is 0 Å². The minimum absolute atomic E-state index is 0.838. The Hall–Kier alpha value is -2.14. The van der Waals surface area contributed by atoms with E-state index in [4.69, 9.17) is 0 Å². The van der Waals surface area contributed by atoms with Crippen LogP contribution in [0, 0.1) is 0 Å².